The SMILES string of the molecule is COc1ccc(NC(=O)COc2c(-c3ccccc3)oc3cc(C)c(C)cc3c2=O)cc1OC. The van der Waals surface area contributed by atoms with E-state index >= 15 is 0 Å². The topological polar surface area (TPSA) is 87.0 Å². The lowest BCUT2D eigenvalue weighted by molar-refractivity contribution is -0.118. The second-order valence-corrected chi connectivity index (χ2v) is 7.79. The van der Waals surface area contributed by atoms with Crippen molar-refractivity contribution in [1.82, 2.24) is 0 Å². The quantitative estimate of drug-likeness (QED) is 0.413. The van der Waals surface area contributed by atoms with Gasteiger partial charge in [-0.25, -0.2) is 0 Å². The van der Waals surface area contributed by atoms with Gasteiger partial charge in [0.15, 0.2) is 23.9 Å². The van der Waals surface area contributed by atoms with Crippen LogP contribution in [0.15, 0.2) is 69.9 Å². The maximum Gasteiger partial charge on any atom is 0.262 e. The molecule has 0 aliphatic carbocycles. The van der Waals surface area contributed by atoms with Crippen molar-refractivity contribution in [3.8, 4) is 28.6 Å². The molecule has 174 valence electrons. The highest BCUT2D eigenvalue weighted by atomic mass is 16.5. The molecule has 4 rings (SSSR count). The first-order valence-electron chi connectivity index (χ1n) is 10.7. The van der Waals surface area contributed by atoms with Crippen LogP contribution < -0.4 is 25.0 Å². The van der Waals surface area contributed by atoms with Crippen molar-refractivity contribution in [1.29, 1.82) is 0 Å². The molecule has 7 heteroatoms. The third-order valence-electron chi connectivity index (χ3n) is 5.52. The summed E-state index contributed by atoms with van der Waals surface area (Å²) in [5, 5.41) is 3.14. The Morgan fingerprint density at radius 1 is 0.912 bits per heavy atom. The molecule has 1 aromatic heterocycles. The summed E-state index contributed by atoms with van der Waals surface area (Å²) >= 11 is 0. The van der Waals surface area contributed by atoms with E-state index in [1.165, 1.54) is 14.2 Å². The number of hydrogen-bond acceptors (Lipinski definition) is 6. The van der Waals surface area contributed by atoms with Gasteiger partial charge in [-0.15, -0.1) is 0 Å². The van der Waals surface area contributed by atoms with E-state index in [2.05, 4.69) is 5.32 Å². The van der Waals surface area contributed by atoms with Crippen LogP contribution in [-0.2, 0) is 4.79 Å². The van der Waals surface area contributed by atoms with Crippen molar-refractivity contribution in [2.45, 2.75) is 13.8 Å². The summed E-state index contributed by atoms with van der Waals surface area (Å²) in [5.74, 6) is 0.854. The Kier molecular flexibility index (Phi) is 6.54. The van der Waals surface area contributed by atoms with Gasteiger partial charge in [-0.2, -0.15) is 0 Å². The highest BCUT2D eigenvalue weighted by Gasteiger charge is 2.19. The minimum atomic E-state index is -0.439. The smallest absolute Gasteiger partial charge is 0.262 e. The zero-order chi connectivity index (χ0) is 24.2. The zero-order valence-electron chi connectivity index (χ0n) is 19.4. The number of fused-ring (bicyclic) bond motifs is 1. The maximum atomic E-state index is 13.4. The minimum Gasteiger partial charge on any atom is -0.493 e. The molecule has 0 radical (unpaired) electrons. The first-order chi connectivity index (χ1) is 16.4. The van der Waals surface area contributed by atoms with Crippen molar-refractivity contribution >= 4 is 22.6 Å². The van der Waals surface area contributed by atoms with Gasteiger partial charge in [-0.05, 0) is 49.2 Å². The number of anilines is 1. The third kappa shape index (κ3) is 4.59. The van der Waals surface area contributed by atoms with Crippen LogP contribution in [0.4, 0.5) is 5.69 Å². The number of nitrogens with one attached hydrogen (secondary N) is 1. The number of carbonyl (C=O) groups is 1. The Balaban J connectivity index is 1.65. The van der Waals surface area contributed by atoms with Crippen LogP contribution in [-0.4, -0.2) is 26.7 Å². The predicted molar refractivity (Wildman–Crippen MR) is 131 cm³/mol. The molecule has 0 fully saturated rings. The monoisotopic (exact) mass is 459 g/mol. The Hall–Kier alpha value is -4.26. The standard InChI is InChI=1S/C27H25NO6/c1-16-12-20-22(13-17(16)2)34-26(18-8-6-5-7-9-18)27(25(20)30)33-15-24(29)28-19-10-11-21(31-3)23(14-19)32-4/h5-14H,15H2,1-4H3,(H,28,29). The molecule has 3 aromatic carbocycles. The molecule has 0 aliphatic heterocycles. The highest BCUT2D eigenvalue weighted by Crippen LogP contribution is 2.32. The number of methoxy groups -OCH3 is 2. The summed E-state index contributed by atoms with van der Waals surface area (Å²) in [6.07, 6.45) is 0. The van der Waals surface area contributed by atoms with Gasteiger partial charge in [0.1, 0.15) is 5.58 Å². The highest BCUT2D eigenvalue weighted by molar-refractivity contribution is 5.92. The van der Waals surface area contributed by atoms with Gasteiger partial charge >= 0.3 is 0 Å². The van der Waals surface area contributed by atoms with Gasteiger partial charge in [-0.1, -0.05) is 30.3 Å². The average Bonchev–Trinajstić information content (AvgIpc) is 2.85. The molecule has 0 saturated carbocycles. The van der Waals surface area contributed by atoms with Crippen molar-refractivity contribution in [3.05, 3.63) is 82.0 Å². The Bertz CT molecular complexity index is 1410. The summed E-state index contributed by atoms with van der Waals surface area (Å²) in [6.45, 7) is 3.51. The molecule has 4 aromatic rings. The first kappa shape index (κ1) is 22.9. The van der Waals surface area contributed by atoms with E-state index in [0.717, 1.165) is 11.1 Å². The zero-order valence-corrected chi connectivity index (χ0v) is 19.4. The molecular weight excluding hydrogens is 434 g/mol. The first-order valence-corrected chi connectivity index (χ1v) is 10.7. The average molecular weight is 459 g/mol. The second-order valence-electron chi connectivity index (χ2n) is 7.79. The van der Waals surface area contributed by atoms with E-state index in [-0.39, 0.29) is 23.5 Å². The fourth-order valence-electron chi connectivity index (χ4n) is 3.59. The molecule has 0 aliphatic rings. The number of rotatable bonds is 7. The van der Waals surface area contributed by atoms with Gasteiger partial charge in [0.2, 0.25) is 11.2 Å². The fourth-order valence-corrected chi connectivity index (χ4v) is 3.59. The van der Waals surface area contributed by atoms with Gasteiger partial charge in [0.25, 0.3) is 5.91 Å². The van der Waals surface area contributed by atoms with Crippen LogP contribution in [0, 0.1) is 13.8 Å². The molecule has 0 bridgehead atoms. The fraction of sp³-hybridized carbons (Fsp3) is 0.185. The molecule has 0 saturated heterocycles. The van der Waals surface area contributed by atoms with E-state index in [9.17, 15) is 9.59 Å². The Morgan fingerprint density at radius 3 is 2.32 bits per heavy atom. The summed E-state index contributed by atoms with van der Waals surface area (Å²) in [6, 6.07) is 17.8. The summed E-state index contributed by atoms with van der Waals surface area (Å²) < 4.78 is 22.4. The largest absolute Gasteiger partial charge is 0.493 e. The summed E-state index contributed by atoms with van der Waals surface area (Å²) in [4.78, 5) is 26.0. The van der Waals surface area contributed by atoms with E-state index in [4.69, 9.17) is 18.6 Å². The molecule has 34 heavy (non-hydrogen) atoms. The molecule has 1 N–H and O–H groups in total. The van der Waals surface area contributed by atoms with Crippen LogP contribution in [0.25, 0.3) is 22.3 Å². The van der Waals surface area contributed by atoms with Crippen molar-refractivity contribution in [2.24, 2.45) is 0 Å². The molecular formula is C27H25NO6. The lowest BCUT2D eigenvalue weighted by atomic mass is 10.0. The maximum absolute atomic E-state index is 13.4. The van der Waals surface area contributed by atoms with Gasteiger partial charge in [-0.3, -0.25) is 9.59 Å². The van der Waals surface area contributed by atoms with Crippen LogP contribution in [0.5, 0.6) is 17.2 Å². The molecule has 1 heterocycles. The summed E-state index contributed by atoms with van der Waals surface area (Å²) in [5.41, 5.74) is 3.29. The van der Waals surface area contributed by atoms with Crippen molar-refractivity contribution in [2.75, 3.05) is 26.1 Å². The Labute approximate surface area is 196 Å². The minimum absolute atomic E-state index is 0.00980. The van der Waals surface area contributed by atoms with Gasteiger partial charge in [0, 0.05) is 17.3 Å². The van der Waals surface area contributed by atoms with Crippen LogP contribution in [0.3, 0.4) is 0 Å². The Morgan fingerprint density at radius 2 is 1.62 bits per heavy atom. The number of carbonyl (C=O) groups excluding carboxylic acids is 1. The van der Waals surface area contributed by atoms with Gasteiger partial charge in [0.05, 0.1) is 19.6 Å². The van der Waals surface area contributed by atoms with E-state index in [1.54, 1.807) is 24.3 Å². The number of benzene rings is 3. The van der Waals surface area contributed by atoms with E-state index < -0.39 is 5.91 Å². The lowest BCUT2D eigenvalue weighted by Crippen LogP contribution is -2.22. The van der Waals surface area contributed by atoms with E-state index in [0.29, 0.717) is 33.7 Å². The number of hydrogen-bond donors (Lipinski definition) is 1. The van der Waals surface area contributed by atoms with Crippen molar-refractivity contribution in [3.63, 3.8) is 0 Å². The van der Waals surface area contributed by atoms with Gasteiger partial charge < -0.3 is 23.9 Å². The molecule has 0 atom stereocenters. The number of aryl methyl sites for hydroxylation is 2. The van der Waals surface area contributed by atoms with Crippen LogP contribution in [0.1, 0.15) is 11.1 Å². The second kappa shape index (κ2) is 9.70. The number of amides is 1. The normalized spacial score (nSPS) is 10.7. The summed E-state index contributed by atoms with van der Waals surface area (Å²) in [7, 11) is 3.05. The van der Waals surface area contributed by atoms with Crippen LogP contribution in [0.2, 0.25) is 0 Å². The third-order valence-corrected chi connectivity index (χ3v) is 5.52. The lowest BCUT2D eigenvalue weighted by Gasteiger charge is -2.13. The van der Waals surface area contributed by atoms with E-state index in [1.807, 2.05) is 50.2 Å². The van der Waals surface area contributed by atoms with Crippen molar-refractivity contribution < 1.29 is 23.4 Å². The molecule has 7 nitrogen and oxygen atoms in total. The molecule has 1 amide bonds. The van der Waals surface area contributed by atoms with Crippen LogP contribution >= 0.6 is 0 Å². The number of ether oxygens (including phenoxy) is 3. The molecule has 0 unspecified atom stereocenters. The molecule has 0 spiro atoms. The predicted octanol–water partition coefficient (Wildman–Crippen LogP) is 5.11.